The van der Waals surface area contributed by atoms with Crippen LogP contribution in [0.3, 0.4) is 0 Å². The van der Waals surface area contributed by atoms with Crippen LogP contribution in [-0.2, 0) is 15.8 Å². The summed E-state index contributed by atoms with van der Waals surface area (Å²) in [4.78, 5) is 20.6. The van der Waals surface area contributed by atoms with E-state index in [4.69, 9.17) is 5.14 Å². The summed E-state index contributed by atoms with van der Waals surface area (Å²) in [5.74, 6) is -0.0763. The molecule has 1 aromatic heterocycles. The Bertz CT molecular complexity index is 862. The van der Waals surface area contributed by atoms with Crippen LogP contribution in [0, 0.1) is 13.8 Å². The molecule has 0 saturated heterocycles. The number of benzene rings is 1. The number of nitrogens with one attached hydrogen (secondary N) is 1. The number of nitrogens with two attached hydrogens (primary N) is 1. The number of aryl methyl sites for hydroxylation is 2. The summed E-state index contributed by atoms with van der Waals surface area (Å²) >= 11 is 1.44. The Morgan fingerprint density at radius 3 is 2.42 bits per heavy atom. The van der Waals surface area contributed by atoms with Crippen LogP contribution in [-0.4, -0.2) is 30.5 Å². The Hall–Kier alpha value is -1.97. The van der Waals surface area contributed by atoms with Crippen molar-refractivity contribution in [3.05, 3.63) is 46.8 Å². The summed E-state index contributed by atoms with van der Waals surface area (Å²) < 4.78 is 23.9. The molecule has 0 spiro atoms. The molecular formula is C15H18N4O3S2. The second-order valence-electron chi connectivity index (χ2n) is 5.20. The molecule has 0 aliphatic heterocycles. The van der Waals surface area contributed by atoms with Gasteiger partial charge in [-0.25, -0.2) is 23.5 Å². The molecule has 0 unspecified atom stereocenters. The van der Waals surface area contributed by atoms with E-state index in [0.717, 1.165) is 0 Å². The average molecular weight is 366 g/mol. The largest absolute Gasteiger partial charge is 0.290 e. The topological polar surface area (TPSA) is 115 Å². The van der Waals surface area contributed by atoms with Crippen molar-refractivity contribution >= 4 is 33.6 Å². The van der Waals surface area contributed by atoms with E-state index in [2.05, 4.69) is 15.3 Å². The highest BCUT2D eigenvalue weighted by Crippen LogP contribution is 2.23. The zero-order valence-electron chi connectivity index (χ0n) is 13.5. The van der Waals surface area contributed by atoms with E-state index in [1.165, 1.54) is 17.8 Å². The van der Waals surface area contributed by atoms with Gasteiger partial charge in [0.25, 0.3) is 5.91 Å². The number of rotatable bonds is 5. The van der Waals surface area contributed by atoms with Gasteiger partial charge in [0.1, 0.15) is 0 Å². The third kappa shape index (κ3) is 4.31. The molecule has 24 heavy (non-hydrogen) atoms. The summed E-state index contributed by atoms with van der Waals surface area (Å²) in [6.45, 7) is 3.55. The van der Waals surface area contributed by atoms with Crippen LogP contribution in [0.4, 0.5) is 5.95 Å². The Balaban J connectivity index is 2.47. The monoisotopic (exact) mass is 366 g/mol. The molecule has 2 rings (SSSR count). The SMILES string of the molecule is CSCc1cccc(C(=O)Nc2nc(C)cc(C)n2)c1S(N)(=O)=O. The van der Waals surface area contributed by atoms with Gasteiger partial charge < -0.3 is 0 Å². The maximum absolute atomic E-state index is 12.5. The molecule has 0 aliphatic carbocycles. The molecule has 9 heteroatoms. The second-order valence-corrected chi connectivity index (χ2v) is 7.56. The lowest BCUT2D eigenvalue weighted by Gasteiger charge is -2.12. The molecule has 3 N–H and O–H groups in total. The van der Waals surface area contributed by atoms with E-state index in [9.17, 15) is 13.2 Å². The zero-order chi connectivity index (χ0) is 17.9. The number of hydrogen-bond donors (Lipinski definition) is 2. The van der Waals surface area contributed by atoms with Gasteiger partial charge in [0.2, 0.25) is 16.0 Å². The number of carbonyl (C=O) groups excluding carboxylic acids is 1. The number of amides is 1. The first-order valence-corrected chi connectivity index (χ1v) is 9.93. The third-order valence-electron chi connectivity index (χ3n) is 3.13. The van der Waals surface area contributed by atoms with Gasteiger partial charge in [0, 0.05) is 17.1 Å². The van der Waals surface area contributed by atoms with E-state index in [1.807, 2.05) is 6.26 Å². The third-order valence-corrected chi connectivity index (χ3v) is 4.78. The molecule has 0 fully saturated rings. The standard InChI is InChI=1S/C15H18N4O3S2/c1-9-7-10(2)18-15(17-9)19-14(20)12-6-4-5-11(8-23-3)13(12)24(16,21)22/h4-7H,8H2,1-3H3,(H2,16,21,22)(H,17,18,19,20). The van der Waals surface area contributed by atoms with Gasteiger partial charge in [-0.15, -0.1) is 0 Å². The fourth-order valence-corrected chi connectivity index (χ4v) is 3.94. The normalized spacial score (nSPS) is 11.3. The maximum Gasteiger partial charge on any atom is 0.259 e. The highest BCUT2D eigenvalue weighted by atomic mass is 32.2. The van der Waals surface area contributed by atoms with Crippen LogP contribution in [0.25, 0.3) is 0 Å². The maximum atomic E-state index is 12.5. The van der Waals surface area contributed by atoms with E-state index in [1.54, 1.807) is 32.0 Å². The highest BCUT2D eigenvalue weighted by molar-refractivity contribution is 7.97. The number of anilines is 1. The van der Waals surface area contributed by atoms with E-state index in [-0.39, 0.29) is 16.4 Å². The van der Waals surface area contributed by atoms with E-state index < -0.39 is 15.9 Å². The lowest BCUT2D eigenvalue weighted by atomic mass is 10.1. The van der Waals surface area contributed by atoms with Crippen LogP contribution in [0.15, 0.2) is 29.2 Å². The average Bonchev–Trinajstić information content (AvgIpc) is 2.45. The summed E-state index contributed by atoms with van der Waals surface area (Å²) in [6, 6.07) is 6.45. The quantitative estimate of drug-likeness (QED) is 0.834. The van der Waals surface area contributed by atoms with Crippen molar-refractivity contribution < 1.29 is 13.2 Å². The summed E-state index contributed by atoms with van der Waals surface area (Å²) in [7, 11) is -4.05. The predicted molar refractivity (Wildman–Crippen MR) is 94.5 cm³/mol. The van der Waals surface area contributed by atoms with Gasteiger partial charge in [-0.2, -0.15) is 11.8 Å². The Morgan fingerprint density at radius 1 is 1.25 bits per heavy atom. The number of thioether (sulfide) groups is 1. The minimum Gasteiger partial charge on any atom is -0.290 e. The molecular weight excluding hydrogens is 348 g/mol. The lowest BCUT2D eigenvalue weighted by molar-refractivity contribution is 0.102. The smallest absolute Gasteiger partial charge is 0.259 e. The van der Waals surface area contributed by atoms with E-state index >= 15 is 0 Å². The first-order chi connectivity index (χ1) is 11.2. The summed E-state index contributed by atoms with van der Waals surface area (Å²) in [5.41, 5.74) is 1.85. The number of nitrogens with zero attached hydrogens (tertiary/aromatic N) is 2. The first-order valence-electron chi connectivity index (χ1n) is 6.99. The highest BCUT2D eigenvalue weighted by Gasteiger charge is 2.23. The molecule has 1 amide bonds. The van der Waals surface area contributed by atoms with Crippen LogP contribution in [0.5, 0.6) is 0 Å². The van der Waals surface area contributed by atoms with Crippen molar-refractivity contribution in [2.75, 3.05) is 11.6 Å². The minimum absolute atomic E-state index is 0.0215. The number of aromatic nitrogens is 2. The van der Waals surface area contributed by atoms with Gasteiger partial charge in [0.05, 0.1) is 10.5 Å². The molecule has 7 nitrogen and oxygen atoms in total. The van der Waals surface area contributed by atoms with Crippen molar-refractivity contribution in [1.29, 1.82) is 0 Å². The van der Waals surface area contributed by atoms with Gasteiger partial charge in [0.15, 0.2) is 0 Å². The zero-order valence-corrected chi connectivity index (χ0v) is 15.2. The fourth-order valence-electron chi connectivity index (χ4n) is 2.32. The van der Waals surface area contributed by atoms with Crippen molar-refractivity contribution in [3.63, 3.8) is 0 Å². The Morgan fingerprint density at radius 2 is 1.88 bits per heavy atom. The molecule has 0 bridgehead atoms. The van der Waals surface area contributed by atoms with Crippen LogP contribution in [0.2, 0.25) is 0 Å². The Kier molecular flexibility index (Phi) is 5.58. The molecule has 1 heterocycles. The summed E-state index contributed by atoms with van der Waals surface area (Å²) in [6.07, 6.45) is 1.84. The van der Waals surface area contributed by atoms with Crippen molar-refractivity contribution in [2.45, 2.75) is 24.5 Å². The first kappa shape index (κ1) is 18.4. The molecule has 0 radical (unpaired) electrons. The minimum atomic E-state index is -4.05. The van der Waals surface area contributed by atoms with Gasteiger partial charge >= 0.3 is 0 Å². The number of carbonyl (C=O) groups is 1. The van der Waals surface area contributed by atoms with Crippen LogP contribution < -0.4 is 10.5 Å². The van der Waals surface area contributed by atoms with Crippen molar-refractivity contribution in [2.24, 2.45) is 5.14 Å². The number of primary sulfonamides is 1. The van der Waals surface area contributed by atoms with Gasteiger partial charge in [-0.3, -0.25) is 10.1 Å². The molecule has 2 aromatic rings. The van der Waals surface area contributed by atoms with Crippen LogP contribution >= 0.6 is 11.8 Å². The molecule has 0 saturated carbocycles. The van der Waals surface area contributed by atoms with E-state index in [0.29, 0.717) is 22.7 Å². The predicted octanol–water partition coefficient (Wildman–Crippen LogP) is 1.86. The molecule has 128 valence electrons. The van der Waals surface area contributed by atoms with Crippen molar-refractivity contribution in [1.82, 2.24) is 9.97 Å². The Labute approximate surface area is 145 Å². The molecule has 1 aromatic carbocycles. The van der Waals surface area contributed by atoms with Gasteiger partial charge in [-0.05, 0) is 37.8 Å². The molecule has 0 atom stereocenters. The molecule has 0 aliphatic rings. The second kappa shape index (κ2) is 7.29. The number of hydrogen-bond acceptors (Lipinski definition) is 6. The fraction of sp³-hybridized carbons (Fsp3) is 0.267. The number of sulfonamides is 1. The van der Waals surface area contributed by atoms with Gasteiger partial charge in [-0.1, -0.05) is 12.1 Å². The lowest BCUT2D eigenvalue weighted by Crippen LogP contribution is -2.23. The summed E-state index contributed by atoms with van der Waals surface area (Å²) in [5, 5.41) is 7.85. The van der Waals surface area contributed by atoms with Crippen molar-refractivity contribution in [3.8, 4) is 0 Å². The van der Waals surface area contributed by atoms with Crippen LogP contribution in [0.1, 0.15) is 27.3 Å².